The number of hydrogen-bond acceptors (Lipinski definition) is 6. The van der Waals surface area contributed by atoms with Crippen LogP contribution in [0.2, 0.25) is 0 Å². The number of likely N-dealkylation sites (tertiary alicyclic amines) is 1. The van der Waals surface area contributed by atoms with Gasteiger partial charge >= 0.3 is 0 Å². The second kappa shape index (κ2) is 8.39. The summed E-state index contributed by atoms with van der Waals surface area (Å²) in [4.78, 5) is 18.9. The van der Waals surface area contributed by atoms with Crippen molar-refractivity contribution >= 4 is 5.91 Å². The normalized spacial score (nSPS) is 15.0. The molecular formula is C19H27N5O3. The summed E-state index contributed by atoms with van der Waals surface area (Å²) in [7, 11) is 3.21. The molecule has 27 heavy (non-hydrogen) atoms. The molecule has 8 heteroatoms. The van der Waals surface area contributed by atoms with E-state index in [2.05, 4.69) is 10.1 Å². The number of rotatable bonds is 7. The van der Waals surface area contributed by atoms with Crippen molar-refractivity contribution in [3.05, 3.63) is 35.4 Å². The first-order valence-corrected chi connectivity index (χ1v) is 9.19. The van der Waals surface area contributed by atoms with Gasteiger partial charge in [0.25, 0.3) is 0 Å². The van der Waals surface area contributed by atoms with E-state index in [0.29, 0.717) is 29.6 Å². The summed E-state index contributed by atoms with van der Waals surface area (Å²) in [6, 6.07) is 5.40. The molecule has 0 aliphatic carbocycles. The Balaban J connectivity index is 1.79. The summed E-state index contributed by atoms with van der Waals surface area (Å²) >= 11 is 0. The molecule has 2 aromatic rings. The third-order valence-corrected chi connectivity index (χ3v) is 4.71. The molecule has 0 saturated carbocycles. The predicted molar refractivity (Wildman–Crippen MR) is 101 cm³/mol. The lowest BCUT2D eigenvalue weighted by atomic mass is 10.1. The van der Waals surface area contributed by atoms with Gasteiger partial charge < -0.3 is 20.1 Å². The van der Waals surface area contributed by atoms with Gasteiger partial charge in [-0.25, -0.2) is 9.67 Å². The Morgan fingerprint density at radius 3 is 2.56 bits per heavy atom. The number of nitrogens with zero attached hydrogens (tertiary/aromatic N) is 4. The lowest BCUT2D eigenvalue weighted by Gasteiger charge is -2.16. The topological polar surface area (TPSA) is 95.5 Å². The smallest absolute Gasteiger partial charge is 0.244 e. The predicted octanol–water partition coefficient (Wildman–Crippen LogP) is 1.53. The van der Waals surface area contributed by atoms with Crippen molar-refractivity contribution in [3.8, 4) is 11.5 Å². The van der Waals surface area contributed by atoms with Crippen LogP contribution in [0.25, 0.3) is 0 Å². The SMILES string of the molecule is COc1ccc(Cc2nc([C@@H](C)N)n(CC(=O)N3CCCC3)n2)cc1OC. The fraction of sp³-hybridized carbons (Fsp3) is 0.526. The summed E-state index contributed by atoms with van der Waals surface area (Å²) < 4.78 is 12.3. The minimum atomic E-state index is -0.303. The first-order chi connectivity index (χ1) is 13.0. The molecule has 0 radical (unpaired) electrons. The highest BCUT2D eigenvalue weighted by molar-refractivity contribution is 5.76. The minimum Gasteiger partial charge on any atom is -0.493 e. The van der Waals surface area contributed by atoms with Crippen molar-refractivity contribution in [2.24, 2.45) is 5.73 Å². The van der Waals surface area contributed by atoms with E-state index in [1.807, 2.05) is 30.0 Å². The molecule has 3 rings (SSSR count). The van der Waals surface area contributed by atoms with Crippen LogP contribution in [0.5, 0.6) is 11.5 Å². The van der Waals surface area contributed by atoms with E-state index < -0.39 is 0 Å². The number of aromatic nitrogens is 3. The maximum absolute atomic E-state index is 12.5. The van der Waals surface area contributed by atoms with Gasteiger partial charge in [-0.15, -0.1) is 0 Å². The van der Waals surface area contributed by atoms with Crippen molar-refractivity contribution in [1.82, 2.24) is 19.7 Å². The highest BCUT2D eigenvalue weighted by Crippen LogP contribution is 2.28. The Labute approximate surface area is 159 Å². The fourth-order valence-corrected chi connectivity index (χ4v) is 3.30. The molecule has 0 spiro atoms. The van der Waals surface area contributed by atoms with Gasteiger partial charge in [0, 0.05) is 19.5 Å². The number of carbonyl (C=O) groups excluding carboxylic acids is 1. The zero-order chi connectivity index (χ0) is 19.4. The van der Waals surface area contributed by atoms with Gasteiger partial charge in [-0.2, -0.15) is 5.10 Å². The van der Waals surface area contributed by atoms with Crippen LogP contribution in [0, 0.1) is 0 Å². The van der Waals surface area contributed by atoms with Crippen LogP contribution in [0.3, 0.4) is 0 Å². The number of amides is 1. The quantitative estimate of drug-likeness (QED) is 0.791. The molecule has 0 unspecified atom stereocenters. The number of carbonyl (C=O) groups is 1. The van der Waals surface area contributed by atoms with E-state index >= 15 is 0 Å². The van der Waals surface area contributed by atoms with Crippen LogP contribution in [-0.4, -0.2) is 52.9 Å². The average Bonchev–Trinajstić information content (AvgIpc) is 3.31. The Morgan fingerprint density at radius 1 is 1.22 bits per heavy atom. The van der Waals surface area contributed by atoms with Crippen molar-refractivity contribution < 1.29 is 14.3 Å². The maximum Gasteiger partial charge on any atom is 0.244 e. The Morgan fingerprint density at radius 2 is 1.93 bits per heavy atom. The Kier molecular flexibility index (Phi) is 5.95. The molecule has 1 fully saturated rings. The van der Waals surface area contributed by atoms with Crippen molar-refractivity contribution in [3.63, 3.8) is 0 Å². The van der Waals surface area contributed by atoms with E-state index in [4.69, 9.17) is 15.2 Å². The molecule has 0 bridgehead atoms. The van der Waals surface area contributed by atoms with E-state index in [9.17, 15) is 4.79 Å². The number of hydrogen-bond donors (Lipinski definition) is 1. The highest BCUT2D eigenvalue weighted by atomic mass is 16.5. The molecule has 2 N–H and O–H groups in total. The first-order valence-electron chi connectivity index (χ1n) is 9.19. The summed E-state index contributed by atoms with van der Waals surface area (Å²) in [5.74, 6) is 2.65. The van der Waals surface area contributed by atoms with Gasteiger partial charge in [-0.05, 0) is 37.5 Å². The minimum absolute atomic E-state index is 0.0666. The largest absolute Gasteiger partial charge is 0.493 e. The van der Waals surface area contributed by atoms with Crippen molar-refractivity contribution in [1.29, 1.82) is 0 Å². The maximum atomic E-state index is 12.5. The van der Waals surface area contributed by atoms with E-state index in [0.717, 1.165) is 31.5 Å². The molecule has 1 saturated heterocycles. The summed E-state index contributed by atoms with van der Waals surface area (Å²) in [5, 5.41) is 4.54. The molecule has 1 aliphatic rings. The lowest BCUT2D eigenvalue weighted by Crippen LogP contribution is -2.32. The molecule has 1 aromatic heterocycles. The first kappa shape index (κ1) is 19.2. The fourth-order valence-electron chi connectivity index (χ4n) is 3.30. The molecule has 1 atom stereocenters. The second-order valence-electron chi connectivity index (χ2n) is 6.79. The number of nitrogens with two attached hydrogens (primary N) is 1. The monoisotopic (exact) mass is 373 g/mol. The van der Waals surface area contributed by atoms with Crippen LogP contribution >= 0.6 is 0 Å². The third kappa shape index (κ3) is 4.39. The van der Waals surface area contributed by atoms with Gasteiger partial charge in [-0.1, -0.05) is 6.07 Å². The third-order valence-electron chi connectivity index (χ3n) is 4.71. The number of benzene rings is 1. The van der Waals surface area contributed by atoms with Crippen molar-refractivity contribution in [2.45, 2.75) is 38.8 Å². The molecule has 1 amide bonds. The van der Waals surface area contributed by atoms with Gasteiger partial charge in [0.05, 0.1) is 20.3 Å². The van der Waals surface area contributed by atoms with Crippen LogP contribution in [0.4, 0.5) is 0 Å². The van der Waals surface area contributed by atoms with E-state index in [-0.39, 0.29) is 18.5 Å². The standard InChI is InChI=1S/C19H27N5O3/c1-13(20)19-21-17(11-14-6-7-15(26-2)16(10-14)27-3)22-24(19)12-18(25)23-8-4-5-9-23/h6-7,10,13H,4-5,8-9,11-12,20H2,1-3H3/t13-/m1/s1. The average molecular weight is 373 g/mol. The molecule has 1 aliphatic heterocycles. The number of methoxy groups -OCH3 is 2. The second-order valence-corrected chi connectivity index (χ2v) is 6.79. The van der Waals surface area contributed by atoms with Crippen LogP contribution in [0.1, 0.15) is 43.0 Å². The summed E-state index contributed by atoms with van der Waals surface area (Å²) in [6.07, 6.45) is 2.65. The van der Waals surface area contributed by atoms with Gasteiger partial charge in [-0.3, -0.25) is 4.79 Å². The van der Waals surface area contributed by atoms with E-state index in [1.165, 1.54) is 0 Å². The molecular weight excluding hydrogens is 346 g/mol. The lowest BCUT2D eigenvalue weighted by molar-refractivity contribution is -0.131. The zero-order valence-corrected chi connectivity index (χ0v) is 16.1. The van der Waals surface area contributed by atoms with Gasteiger partial charge in [0.2, 0.25) is 5.91 Å². The summed E-state index contributed by atoms with van der Waals surface area (Å²) in [5.41, 5.74) is 7.04. The van der Waals surface area contributed by atoms with E-state index in [1.54, 1.807) is 18.9 Å². The summed E-state index contributed by atoms with van der Waals surface area (Å²) in [6.45, 7) is 3.66. The number of ether oxygens (including phenoxy) is 2. The van der Waals surface area contributed by atoms with Crippen molar-refractivity contribution in [2.75, 3.05) is 27.3 Å². The Hall–Kier alpha value is -2.61. The molecule has 146 valence electrons. The van der Waals surface area contributed by atoms with Crippen LogP contribution in [-0.2, 0) is 17.8 Å². The Bertz CT molecular complexity index is 797. The molecule has 2 heterocycles. The zero-order valence-electron chi connectivity index (χ0n) is 16.1. The van der Waals surface area contributed by atoms with Gasteiger partial charge in [0.15, 0.2) is 17.3 Å². The van der Waals surface area contributed by atoms with Crippen LogP contribution < -0.4 is 15.2 Å². The molecule has 8 nitrogen and oxygen atoms in total. The molecule has 1 aromatic carbocycles. The van der Waals surface area contributed by atoms with Gasteiger partial charge in [0.1, 0.15) is 12.4 Å². The highest BCUT2D eigenvalue weighted by Gasteiger charge is 2.22. The van der Waals surface area contributed by atoms with Crippen LogP contribution in [0.15, 0.2) is 18.2 Å².